The molecule has 0 saturated carbocycles. The van der Waals surface area contributed by atoms with E-state index in [2.05, 4.69) is 185 Å². The number of aromatic nitrogens is 2. The van der Waals surface area contributed by atoms with E-state index < -0.39 is 0 Å². The van der Waals surface area contributed by atoms with Crippen molar-refractivity contribution in [2.75, 3.05) is 0 Å². The highest BCUT2D eigenvalue weighted by Crippen LogP contribution is 2.46. The second-order valence-electron chi connectivity index (χ2n) is 13.3. The highest BCUT2D eigenvalue weighted by molar-refractivity contribution is 6.18. The minimum absolute atomic E-state index is 0.890. The molecule has 3 aromatic heterocycles. The second-order valence-corrected chi connectivity index (χ2v) is 13.3. The van der Waals surface area contributed by atoms with Crippen molar-refractivity contribution in [1.82, 2.24) is 9.13 Å². The Morgan fingerprint density at radius 3 is 1.76 bits per heavy atom. The zero-order chi connectivity index (χ0) is 33.5. The molecule has 0 spiro atoms. The smallest absolute Gasteiger partial charge is 0.159 e. The summed E-state index contributed by atoms with van der Waals surface area (Å²) < 4.78 is 11.5. The van der Waals surface area contributed by atoms with Gasteiger partial charge in [0.1, 0.15) is 5.58 Å². The SMILES string of the molecule is c1ccc(-c2cc3c(cc2-c2cccc4c5ccccc5n(-c5cccc6c5oc5ccccc56)c24)c2ccccc2n3-c2ccccc2)cc1. The van der Waals surface area contributed by atoms with Crippen molar-refractivity contribution < 1.29 is 4.42 Å². The first kappa shape index (κ1) is 28.0. The fourth-order valence-electron chi connectivity index (χ4n) is 8.34. The monoisotopic (exact) mass is 650 g/mol. The maximum atomic E-state index is 6.67. The Bertz CT molecular complexity index is 3130. The van der Waals surface area contributed by atoms with E-state index in [1.807, 2.05) is 6.07 Å². The number of para-hydroxylation sites is 6. The van der Waals surface area contributed by atoms with Crippen LogP contribution in [0.2, 0.25) is 0 Å². The molecule has 0 fully saturated rings. The third kappa shape index (κ3) is 4.06. The van der Waals surface area contributed by atoms with Gasteiger partial charge in [-0.3, -0.25) is 0 Å². The van der Waals surface area contributed by atoms with Gasteiger partial charge in [0, 0.05) is 43.6 Å². The summed E-state index contributed by atoms with van der Waals surface area (Å²) in [6, 6.07) is 65.5. The Morgan fingerprint density at radius 2 is 0.961 bits per heavy atom. The first-order chi connectivity index (χ1) is 25.3. The fourth-order valence-corrected chi connectivity index (χ4v) is 8.34. The lowest BCUT2D eigenvalue weighted by molar-refractivity contribution is 0.666. The van der Waals surface area contributed by atoms with Crippen LogP contribution in [-0.2, 0) is 0 Å². The zero-order valence-corrected chi connectivity index (χ0v) is 27.6. The molecule has 51 heavy (non-hydrogen) atoms. The maximum absolute atomic E-state index is 6.67. The van der Waals surface area contributed by atoms with Crippen LogP contribution < -0.4 is 0 Å². The summed E-state index contributed by atoms with van der Waals surface area (Å²) in [6.07, 6.45) is 0. The molecule has 3 nitrogen and oxygen atoms in total. The highest BCUT2D eigenvalue weighted by atomic mass is 16.3. The van der Waals surface area contributed by atoms with E-state index in [1.54, 1.807) is 0 Å². The molecule has 8 aromatic carbocycles. The molecule has 11 rings (SSSR count). The summed E-state index contributed by atoms with van der Waals surface area (Å²) in [4.78, 5) is 0. The highest BCUT2D eigenvalue weighted by Gasteiger charge is 2.23. The van der Waals surface area contributed by atoms with Gasteiger partial charge in [-0.25, -0.2) is 0 Å². The van der Waals surface area contributed by atoms with Crippen molar-refractivity contribution in [1.29, 1.82) is 0 Å². The molecule has 0 aliphatic heterocycles. The first-order valence-corrected chi connectivity index (χ1v) is 17.4. The molecule has 238 valence electrons. The molecule has 0 atom stereocenters. The van der Waals surface area contributed by atoms with Crippen LogP contribution in [0.1, 0.15) is 0 Å². The van der Waals surface area contributed by atoms with Crippen molar-refractivity contribution in [3.05, 3.63) is 182 Å². The molecule has 11 aromatic rings. The van der Waals surface area contributed by atoms with Crippen molar-refractivity contribution >= 4 is 65.6 Å². The van der Waals surface area contributed by atoms with Crippen molar-refractivity contribution in [2.45, 2.75) is 0 Å². The van der Waals surface area contributed by atoms with Gasteiger partial charge in [0.25, 0.3) is 0 Å². The van der Waals surface area contributed by atoms with Gasteiger partial charge in [-0.2, -0.15) is 0 Å². The Morgan fingerprint density at radius 1 is 0.353 bits per heavy atom. The number of fused-ring (bicyclic) bond motifs is 9. The Labute approximate surface area is 293 Å². The summed E-state index contributed by atoms with van der Waals surface area (Å²) in [5.41, 5.74) is 13.4. The molecule has 0 N–H and O–H groups in total. The molecule has 0 aliphatic rings. The minimum atomic E-state index is 0.890. The Kier molecular flexibility index (Phi) is 5.96. The van der Waals surface area contributed by atoms with Crippen LogP contribution in [0.5, 0.6) is 0 Å². The number of benzene rings is 8. The predicted molar refractivity (Wildman–Crippen MR) is 213 cm³/mol. The number of furan rings is 1. The van der Waals surface area contributed by atoms with E-state index in [0.29, 0.717) is 0 Å². The van der Waals surface area contributed by atoms with Gasteiger partial charge in [-0.15, -0.1) is 0 Å². The molecular weight excluding hydrogens is 621 g/mol. The van der Waals surface area contributed by atoms with Gasteiger partial charge in [-0.05, 0) is 65.2 Å². The third-order valence-electron chi connectivity index (χ3n) is 10.5. The summed E-state index contributed by atoms with van der Waals surface area (Å²) in [5, 5.41) is 7.13. The Balaban J connectivity index is 1.30. The Hall–Kier alpha value is -6.84. The van der Waals surface area contributed by atoms with E-state index in [0.717, 1.165) is 44.3 Å². The van der Waals surface area contributed by atoms with Crippen LogP contribution in [0.3, 0.4) is 0 Å². The largest absolute Gasteiger partial charge is 0.454 e. The number of rotatable bonds is 4. The van der Waals surface area contributed by atoms with Crippen LogP contribution in [0.15, 0.2) is 186 Å². The van der Waals surface area contributed by atoms with Crippen LogP contribution in [0.25, 0.3) is 99.2 Å². The van der Waals surface area contributed by atoms with Crippen LogP contribution in [0, 0.1) is 0 Å². The van der Waals surface area contributed by atoms with Crippen molar-refractivity contribution in [3.63, 3.8) is 0 Å². The van der Waals surface area contributed by atoms with E-state index in [9.17, 15) is 0 Å². The molecule has 3 heteroatoms. The molecular formula is C48H30N2O. The quantitative estimate of drug-likeness (QED) is 0.186. The van der Waals surface area contributed by atoms with E-state index >= 15 is 0 Å². The molecule has 0 saturated heterocycles. The van der Waals surface area contributed by atoms with Crippen molar-refractivity contribution in [3.8, 4) is 33.6 Å². The van der Waals surface area contributed by atoms with Gasteiger partial charge >= 0.3 is 0 Å². The van der Waals surface area contributed by atoms with Crippen LogP contribution in [0.4, 0.5) is 0 Å². The molecule has 0 amide bonds. The maximum Gasteiger partial charge on any atom is 0.159 e. The standard InChI is InChI=1S/C48H30N2O/c1-3-15-31(16-4-1)39-30-45-41(34-20-8-10-25-42(34)49(45)32-17-5-2-6-18-32)29-40(39)37-23-13-22-36-33-19-7-11-26-43(33)50(47(36)37)44-27-14-24-38-35-21-9-12-28-46(35)51-48(38)44/h1-30H. The molecule has 0 bridgehead atoms. The normalized spacial score (nSPS) is 11.9. The van der Waals surface area contributed by atoms with E-state index in [1.165, 1.54) is 54.8 Å². The van der Waals surface area contributed by atoms with Crippen molar-refractivity contribution in [2.24, 2.45) is 0 Å². The first-order valence-electron chi connectivity index (χ1n) is 17.4. The average molecular weight is 651 g/mol. The summed E-state index contributed by atoms with van der Waals surface area (Å²) in [5.74, 6) is 0. The van der Waals surface area contributed by atoms with E-state index in [-0.39, 0.29) is 0 Å². The summed E-state index contributed by atoms with van der Waals surface area (Å²) in [7, 11) is 0. The van der Waals surface area contributed by atoms with Crippen LogP contribution in [-0.4, -0.2) is 9.13 Å². The molecule has 3 heterocycles. The predicted octanol–water partition coefficient (Wildman–Crippen LogP) is 13.1. The van der Waals surface area contributed by atoms with E-state index in [4.69, 9.17) is 4.42 Å². The number of hydrogen-bond donors (Lipinski definition) is 0. The molecule has 0 aliphatic carbocycles. The van der Waals surface area contributed by atoms with Gasteiger partial charge in [0.05, 0.1) is 27.8 Å². The lowest BCUT2D eigenvalue weighted by Gasteiger charge is -2.16. The third-order valence-corrected chi connectivity index (χ3v) is 10.5. The lowest BCUT2D eigenvalue weighted by atomic mass is 9.91. The average Bonchev–Trinajstić information content (AvgIpc) is 3.86. The van der Waals surface area contributed by atoms with Gasteiger partial charge in [0.15, 0.2) is 5.58 Å². The summed E-state index contributed by atoms with van der Waals surface area (Å²) >= 11 is 0. The second kappa shape index (κ2) is 10.8. The summed E-state index contributed by atoms with van der Waals surface area (Å²) in [6.45, 7) is 0. The fraction of sp³-hybridized carbons (Fsp3) is 0. The molecule has 0 radical (unpaired) electrons. The van der Waals surface area contributed by atoms with Crippen LogP contribution >= 0.6 is 0 Å². The van der Waals surface area contributed by atoms with Gasteiger partial charge < -0.3 is 13.6 Å². The van der Waals surface area contributed by atoms with Gasteiger partial charge in [-0.1, -0.05) is 133 Å². The number of nitrogens with zero attached hydrogens (tertiary/aromatic N) is 2. The zero-order valence-electron chi connectivity index (χ0n) is 27.6. The minimum Gasteiger partial charge on any atom is -0.454 e. The number of hydrogen-bond acceptors (Lipinski definition) is 1. The lowest BCUT2D eigenvalue weighted by Crippen LogP contribution is -1.97. The topological polar surface area (TPSA) is 23.0 Å². The van der Waals surface area contributed by atoms with Gasteiger partial charge in [0.2, 0.25) is 0 Å². The molecule has 0 unspecified atom stereocenters.